The molecule has 1 unspecified atom stereocenters. The van der Waals surface area contributed by atoms with E-state index in [2.05, 4.69) is 4.74 Å². The van der Waals surface area contributed by atoms with E-state index in [-0.39, 0.29) is 5.75 Å². The van der Waals surface area contributed by atoms with Crippen LogP contribution in [0.2, 0.25) is 0 Å². The zero-order valence-electron chi connectivity index (χ0n) is 14.5. The van der Waals surface area contributed by atoms with Gasteiger partial charge in [-0.1, -0.05) is 30.3 Å². The van der Waals surface area contributed by atoms with Crippen molar-refractivity contribution < 1.29 is 36.6 Å². The molecule has 0 heterocycles. The standard InChI is InChI=1S/C19H18F5NO3/c20-14-6-8-15(9-7-14)28-19(23,24)12-25-16(17(26)27)11-18(21,22)10-13-4-2-1-3-5-13/h1-9,16,25H,10-12H2,(H,26,27). The molecular weight excluding hydrogens is 385 g/mol. The fraction of sp³-hybridized carbons (Fsp3) is 0.316. The van der Waals surface area contributed by atoms with Gasteiger partial charge < -0.3 is 9.84 Å². The summed E-state index contributed by atoms with van der Waals surface area (Å²) in [5.74, 6) is -6.12. The minimum Gasteiger partial charge on any atom is -0.480 e. The predicted octanol–water partition coefficient (Wildman–Crippen LogP) is 4.11. The van der Waals surface area contributed by atoms with E-state index in [0.717, 1.165) is 24.3 Å². The number of aliphatic carboxylic acids is 1. The molecule has 4 nitrogen and oxygen atoms in total. The summed E-state index contributed by atoms with van der Waals surface area (Å²) in [6.07, 6.45) is -5.79. The van der Waals surface area contributed by atoms with E-state index in [0.29, 0.717) is 5.56 Å². The first-order chi connectivity index (χ1) is 13.1. The first kappa shape index (κ1) is 21.6. The topological polar surface area (TPSA) is 58.6 Å². The lowest BCUT2D eigenvalue weighted by molar-refractivity contribution is -0.175. The third-order valence-corrected chi connectivity index (χ3v) is 3.74. The van der Waals surface area contributed by atoms with Gasteiger partial charge in [0.2, 0.25) is 0 Å². The molecule has 0 saturated carbocycles. The van der Waals surface area contributed by atoms with Crippen LogP contribution in [0.15, 0.2) is 54.6 Å². The molecule has 2 rings (SSSR count). The number of carbonyl (C=O) groups is 1. The number of carboxylic acid groups (broad SMARTS) is 1. The Hall–Kier alpha value is -2.68. The molecule has 1 atom stereocenters. The number of hydrogen-bond acceptors (Lipinski definition) is 3. The molecular formula is C19H18F5NO3. The third kappa shape index (κ3) is 7.15. The Balaban J connectivity index is 1.95. The Morgan fingerprint density at radius 1 is 1.04 bits per heavy atom. The molecule has 152 valence electrons. The number of hydrogen-bond donors (Lipinski definition) is 2. The summed E-state index contributed by atoms with van der Waals surface area (Å²) in [4.78, 5) is 11.2. The average Bonchev–Trinajstić information content (AvgIpc) is 2.60. The van der Waals surface area contributed by atoms with E-state index < -0.39 is 49.2 Å². The van der Waals surface area contributed by atoms with Crippen LogP contribution >= 0.6 is 0 Å². The van der Waals surface area contributed by atoms with E-state index in [1.807, 2.05) is 5.32 Å². The third-order valence-electron chi connectivity index (χ3n) is 3.74. The van der Waals surface area contributed by atoms with Crippen molar-refractivity contribution in [3.05, 3.63) is 66.0 Å². The molecule has 2 N–H and O–H groups in total. The minimum absolute atomic E-state index is 0.293. The van der Waals surface area contributed by atoms with E-state index in [1.54, 1.807) is 18.2 Å². The van der Waals surface area contributed by atoms with Gasteiger partial charge in [-0.3, -0.25) is 10.1 Å². The van der Waals surface area contributed by atoms with Gasteiger partial charge in [-0.25, -0.2) is 13.2 Å². The van der Waals surface area contributed by atoms with Gasteiger partial charge in [0.05, 0.1) is 0 Å². The molecule has 0 aliphatic heterocycles. The van der Waals surface area contributed by atoms with Gasteiger partial charge in [0.1, 0.15) is 24.2 Å². The van der Waals surface area contributed by atoms with Gasteiger partial charge in [-0.2, -0.15) is 8.78 Å². The molecule has 0 bridgehead atoms. The van der Waals surface area contributed by atoms with Crippen LogP contribution in [-0.4, -0.2) is 35.7 Å². The quantitative estimate of drug-likeness (QED) is 0.587. The second-order valence-corrected chi connectivity index (χ2v) is 6.19. The molecule has 0 fully saturated rings. The van der Waals surface area contributed by atoms with Crippen molar-refractivity contribution in [3.63, 3.8) is 0 Å². The van der Waals surface area contributed by atoms with Gasteiger partial charge in [0, 0.05) is 12.8 Å². The summed E-state index contributed by atoms with van der Waals surface area (Å²) in [5.41, 5.74) is 0.293. The van der Waals surface area contributed by atoms with E-state index >= 15 is 0 Å². The maximum atomic E-state index is 14.2. The first-order valence-corrected chi connectivity index (χ1v) is 8.27. The fourth-order valence-corrected chi connectivity index (χ4v) is 2.47. The van der Waals surface area contributed by atoms with Crippen LogP contribution in [0.4, 0.5) is 22.0 Å². The Labute approximate surface area is 157 Å². The largest absolute Gasteiger partial charge is 0.480 e. The van der Waals surface area contributed by atoms with Crippen LogP contribution in [0.5, 0.6) is 5.75 Å². The van der Waals surface area contributed by atoms with Crippen molar-refractivity contribution in [3.8, 4) is 5.75 Å². The van der Waals surface area contributed by atoms with Crippen LogP contribution < -0.4 is 10.1 Å². The molecule has 0 aliphatic rings. The number of carboxylic acids is 1. The summed E-state index contributed by atoms with van der Waals surface area (Å²) in [5, 5.41) is 11.0. The van der Waals surface area contributed by atoms with Gasteiger partial charge in [-0.15, -0.1) is 0 Å². The zero-order chi connectivity index (χ0) is 20.8. The summed E-state index contributed by atoms with van der Waals surface area (Å²) < 4.78 is 73.2. The summed E-state index contributed by atoms with van der Waals surface area (Å²) in [6.45, 7) is -1.32. The van der Waals surface area contributed by atoms with Crippen LogP contribution in [0.3, 0.4) is 0 Å². The molecule has 2 aromatic carbocycles. The molecule has 0 amide bonds. The second kappa shape index (κ2) is 9.01. The number of nitrogens with one attached hydrogen (secondary N) is 1. The predicted molar refractivity (Wildman–Crippen MR) is 91.1 cm³/mol. The number of rotatable bonds is 10. The van der Waals surface area contributed by atoms with E-state index in [1.165, 1.54) is 12.1 Å². The highest BCUT2D eigenvalue weighted by Gasteiger charge is 2.39. The summed E-state index contributed by atoms with van der Waals surface area (Å²) in [7, 11) is 0. The molecule has 2 aromatic rings. The number of alkyl halides is 4. The Morgan fingerprint density at radius 2 is 1.64 bits per heavy atom. The highest BCUT2D eigenvalue weighted by molar-refractivity contribution is 5.73. The van der Waals surface area contributed by atoms with Gasteiger partial charge in [0.25, 0.3) is 5.92 Å². The summed E-state index contributed by atoms with van der Waals surface area (Å²) >= 11 is 0. The molecule has 0 aromatic heterocycles. The zero-order valence-corrected chi connectivity index (χ0v) is 14.5. The van der Waals surface area contributed by atoms with Crippen molar-refractivity contribution in [1.82, 2.24) is 5.32 Å². The van der Waals surface area contributed by atoms with Crippen LogP contribution in [0, 0.1) is 5.82 Å². The number of halogens is 5. The van der Waals surface area contributed by atoms with Crippen molar-refractivity contribution in [2.45, 2.75) is 30.9 Å². The minimum atomic E-state index is -3.89. The SMILES string of the molecule is O=C(O)C(CC(F)(F)Cc1ccccc1)NCC(F)(F)Oc1ccc(F)cc1. The van der Waals surface area contributed by atoms with E-state index in [4.69, 9.17) is 5.11 Å². The number of ether oxygens (including phenoxy) is 1. The molecule has 0 aliphatic carbocycles. The normalized spacial score (nSPS) is 13.2. The van der Waals surface area contributed by atoms with Crippen molar-refractivity contribution in [2.24, 2.45) is 0 Å². The van der Waals surface area contributed by atoms with Crippen molar-refractivity contribution in [2.75, 3.05) is 6.54 Å². The van der Waals surface area contributed by atoms with Crippen LogP contribution in [0.1, 0.15) is 12.0 Å². The monoisotopic (exact) mass is 403 g/mol. The van der Waals surface area contributed by atoms with Crippen LogP contribution in [0.25, 0.3) is 0 Å². The highest BCUT2D eigenvalue weighted by Crippen LogP contribution is 2.27. The lowest BCUT2D eigenvalue weighted by atomic mass is 10.0. The highest BCUT2D eigenvalue weighted by atomic mass is 19.3. The van der Waals surface area contributed by atoms with Gasteiger partial charge >= 0.3 is 12.1 Å². The maximum absolute atomic E-state index is 14.2. The van der Waals surface area contributed by atoms with Crippen molar-refractivity contribution >= 4 is 5.97 Å². The summed E-state index contributed by atoms with van der Waals surface area (Å²) in [6, 6.07) is 9.51. The number of benzene rings is 2. The molecule has 28 heavy (non-hydrogen) atoms. The Morgan fingerprint density at radius 3 is 2.21 bits per heavy atom. The van der Waals surface area contributed by atoms with Gasteiger partial charge in [-0.05, 0) is 29.8 Å². The van der Waals surface area contributed by atoms with E-state index in [9.17, 15) is 26.7 Å². The lowest BCUT2D eigenvalue weighted by Gasteiger charge is -2.24. The first-order valence-electron chi connectivity index (χ1n) is 8.27. The smallest absolute Gasteiger partial charge is 0.410 e. The molecule has 0 radical (unpaired) electrons. The fourth-order valence-electron chi connectivity index (χ4n) is 2.47. The molecule has 9 heteroatoms. The van der Waals surface area contributed by atoms with Crippen molar-refractivity contribution in [1.29, 1.82) is 0 Å². The molecule has 0 saturated heterocycles. The lowest BCUT2D eigenvalue weighted by Crippen LogP contribution is -2.48. The second-order valence-electron chi connectivity index (χ2n) is 6.19. The van der Waals surface area contributed by atoms with Gasteiger partial charge in [0.15, 0.2) is 0 Å². The Bertz CT molecular complexity index is 769. The maximum Gasteiger partial charge on any atom is 0.410 e. The average molecular weight is 403 g/mol. The molecule has 0 spiro atoms. The Kier molecular flexibility index (Phi) is 6.95. The van der Waals surface area contributed by atoms with Crippen LogP contribution in [-0.2, 0) is 11.2 Å².